The van der Waals surface area contributed by atoms with Gasteiger partial charge >= 0.3 is 0 Å². The van der Waals surface area contributed by atoms with Crippen LogP contribution in [-0.2, 0) is 0 Å². The Morgan fingerprint density at radius 3 is 2.44 bits per heavy atom. The first-order valence-electron chi connectivity index (χ1n) is 9.41. The zero-order chi connectivity index (χ0) is 19.0. The molecule has 0 unspecified atom stereocenters. The van der Waals surface area contributed by atoms with Gasteiger partial charge in [-0.25, -0.2) is 0 Å². The van der Waals surface area contributed by atoms with E-state index in [0.29, 0.717) is 5.76 Å². The van der Waals surface area contributed by atoms with Gasteiger partial charge in [0.25, 0.3) is 0 Å². The fraction of sp³-hybridized carbons (Fsp3) is 0.318. The van der Waals surface area contributed by atoms with E-state index >= 15 is 0 Å². The van der Waals surface area contributed by atoms with E-state index in [1.54, 1.807) is 0 Å². The molecule has 0 amide bonds. The quantitative estimate of drug-likeness (QED) is 0.669. The average Bonchev–Trinajstić information content (AvgIpc) is 2.71. The number of aromatic hydroxyl groups is 2. The van der Waals surface area contributed by atoms with E-state index in [1.165, 1.54) is 37.5 Å². The molecule has 3 aromatic rings. The fourth-order valence-corrected chi connectivity index (χ4v) is 3.77. The lowest BCUT2D eigenvalue weighted by Crippen LogP contribution is -2.33. The minimum Gasteiger partial charge on any atom is -0.504 e. The third kappa shape index (κ3) is 3.25. The highest BCUT2D eigenvalue weighted by Gasteiger charge is 2.18. The highest BCUT2D eigenvalue weighted by Crippen LogP contribution is 2.35. The van der Waals surface area contributed by atoms with Crippen molar-refractivity contribution in [1.82, 2.24) is 0 Å². The Hall–Kier alpha value is -2.95. The second kappa shape index (κ2) is 6.99. The molecule has 5 heteroatoms. The van der Waals surface area contributed by atoms with Crippen molar-refractivity contribution in [3.05, 3.63) is 52.7 Å². The monoisotopic (exact) mass is 365 g/mol. The third-order valence-corrected chi connectivity index (χ3v) is 5.56. The molecule has 0 spiro atoms. The second-order valence-electron chi connectivity index (χ2n) is 7.17. The van der Waals surface area contributed by atoms with Gasteiger partial charge in [-0.2, -0.15) is 0 Å². The van der Waals surface area contributed by atoms with Crippen LogP contribution in [0.5, 0.6) is 11.5 Å². The summed E-state index contributed by atoms with van der Waals surface area (Å²) in [5, 5.41) is 19.9. The van der Waals surface area contributed by atoms with Gasteiger partial charge < -0.3 is 19.5 Å². The molecule has 27 heavy (non-hydrogen) atoms. The number of fused-ring (bicyclic) bond motifs is 1. The lowest BCUT2D eigenvalue weighted by atomic mass is 9.94. The Labute approximate surface area is 157 Å². The molecular weight excluding hydrogens is 342 g/mol. The number of nitrogens with zero attached hydrogens (tertiary/aromatic N) is 1. The topological polar surface area (TPSA) is 73.9 Å². The number of anilines is 1. The number of hydrogen-bond donors (Lipinski definition) is 2. The molecule has 2 N–H and O–H groups in total. The Balaban J connectivity index is 1.64. The van der Waals surface area contributed by atoms with E-state index in [2.05, 4.69) is 11.8 Å². The molecule has 2 aromatic carbocycles. The number of hydrogen-bond acceptors (Lipinski definition) is 5. The van der Waals surface area contributed by atoms with Crippen molar-refractivity contribution in [2.24, 2.45) is 5.92 Å². The predicted octanol–water partition coefficient (Wildman–Crippen LogP) is 4.50. The van der Waals surface area contributed by atoms with Gasteiger partial charge in [0.15, 0.2) is 16.8 Å². The van der Waals surface area contributed by atoms with Crippen LogP contribution < -0.4 is 10.3 Å². The molecule has 1 fully saturated rings. The van der Waals surface area contributed by atoms with Crippen LogP contribution >= 0.6 is 0 Å². The molecular formula is C22H23NO4. The number of rotatable bonds is 3. The Morgan fingerprint density at radius 1 is 1.07 bits per heavy atom. The van der Waals surface area contributed by atoms with Gasteiger partial charge in [0.2, 0.25) is 5.75 Å². The second-order valence-corrected chi connectivity index (χ2v) is 7.17. The van der Waals surface area contributed by atoms with Crippen LogP contribution in [0.15, 0.2) is 51.7 Å². The van der Waals surface area contributed by atoms with Crippen molar-refractivity contribution >= 4 is 16.7 Å². The summed E-state index contributed by atoms with van der Waals surface area (Å²) in [5.74, 6) is 0.469. The van der Waals surface area contributed by atoms with E-state index in [-0.39, 0.29) is 22.1 Å². The Morgan fingerprint density at radius 2 is 1.78 bits per heavy atom. The average molecular weight is 365 g/mol. The lowest BCUT2D eigenvalue weighted by molar-refractivity contribution is 0.395. The van der Waals surface area contributed by atoms with Crippen molar-refractivity contribution in [3.63, 3.8) is 0 Å². The first kappa shape index (κ1) is 17.5. The van der Waals surface area contributed by atoms with Gasteiger partial charge in [0.05, 0.1) is 5.39 Å². The van der Waals surface area contributed by atoms with Crippen LogP contribution in [-0.4, -0.2) is 23.3 Å². The normalized spacial score (nSPS) is 15.4. The summed E-state index contributed by atoms with van der Waals surface area (Å²) in [7, 11) is 0. The van der Waals surface area contributed by atoms with Gasteiger partial charge in [-0.1, -0.05) is 13.3 Å². The molecule has 140 valence electrons. The minimum absolute atomic E-state index is 0.00298. The molecule has 1 aliphatic heterocycles. The maximum atomic E-state index is 12.3. The maximum Gasteiger partial charge on any atom is 0.201 e. The highest BCUT2D eigenvalue weighted by atomic mass is 16.4. The summed E-state index contributed by atoms with van der Waals surface area (Å²) in [6.45, 7) is 4.39. The molecule has 5 nitrogen and oxygen atoms in total. The van der Waals surface area contributed by atoms with Gasteiger partial charge in [0, 0.05) is 30.4 Å². The standard InChI is InChI=1S/C22H23NO4/c1-2-14-9-11-23(12-10-14)16-5-3-15(4-6-16)20-13-19(25)17-7-8-18(24)21(26)22(17)27-20/h3-8,13-14,24,26H,2,9-12H2,1H3. The van der Waals surface area contributed by atoms with Gasteiger partial charge in [-0.15, -0.1) is 0 Å². The molecule has 0 saturated carbocycles. The molecule has 1 aliphatic rings. The molecule has 1 aromatic heterocycles. The van der Waals surface area contributed by atoms with E-state index in [1.807, 2.05) is 24.3 Å². The smallest absolute Gasteiger partial charge is 0.201 e. The summed E-state index contributed by atoms with van der Waals surface area (Å²) in [6, 6.07) is 12.1. The highest BCUT2D eigenvalue weighted by molar-refractivity contribution is 5.86. The zero-order valence-corrected chi connectivity index (χ0v) is 15.3. The molecule has 4 rings (SSSR count). The molecule has 0 bridgehead atoms. The predicted molar refractivity (Wildman–Crippen MR) is 106 cm³/mol. The molecule has 2 heterocycles. The summed E-state index contributed by atoms with van der Waals surface area (Å²) in [4.78, 5) is 14.7. The van der Waals surface area contributed by atoms with Crippen molar-refractivity contribution in [1.29, 1.82) is 0 Å². The fourth-order valence-electron chi connectivity index (χ4n) is 3.77. The first-order chi connectivity index (χ1) is 13.1. The molecule has 0 aliphatic carbocycles. The van der Waals surface area contributed by atoms with E-state index in [0.717, 1.165) is 30.3 Å². The number of benzene rings is 2. The number of phenolic OH excluding ortho intramolecular Hbond substituents is 2. The van der Waals surface area contributed by atoms with Crippen molar-refractivity contribution < 1.29 is 14.6 Å². The largest absolute Gasteiger partial charge is 0.504 e. The van der Waals surface area contributed by atoms with Crippen LogP contribution in [0, 0.1) is 5.92 Å². The summed E-state index contributed by atoms with van der Waals surface area (Å²) in [5.41, 5.74) is 1.66. The number of piperidine rings is 1. The Kier molecular flexibility index (Phi) is 4.52. The van der Waals surface area contributed by atoms with Crippen molar-refractivity contribution in [2.75, 3.05) is 18.0 Å². The van der Waals surface area contributed by atoms with Crippen LogP contribution in [0.3, 0.4) is 0 Å². The SMILES string of the molecule is CCC1CCN(c2ccc(-c3cc(=O)c4ccc(O)c(O)c4o3)cc2)CC1. The third-order valence-electron chi connectivity index (χ3n) is 5.56. The van der Waals surface area contributed by atoms with Crippen LogP contribution in [0.2, 0.25) is 0 Å². The lowest BCUT2D eigenvalue weighted by Gasteiger charge is -2.33. The number of phenols is 2. The molecule has 1 saturated heterocycles. The summed E-state index contributed by atoms with van der Waals surface area (Å²) < 4.78 is 5.73. The zero-order valence-electron chi connectivity index (χ0n) is 15.3. The summed E-state index contributed by atoms with van der Waals surface area (Å²) in [6.07, 6.45) is 3.69. The Bertz CT molecular complexity index is 1010. The van der Waals surface area contributed by atoms with Crippen molar-refractivity contribution in [3.8, 4) is 22.8 Å². The van der Waals surface area contributed by atoms with Gasteiger partial charge in [0.1, 0.15) is 5.76 Å². The molecule has 0 atom stereocenters. The van der Waals surface area contributed by atoms with Gasteiger partial charge in [-0.05, 0) is 55.2 Å². The van der Waals surface area contributed by atoms with Crippen LogP contribution in [0.25, 0.3) is 22.3 Å². The van der Waals surface area contributed by atoms with Gasteiger partial charge in [-0.3, -0.25) is 4.79 Å². The first-order valence-corrected chi connectivity index (χ1v) is 9.41. The van der Waals surface area contributed by atoms with E-state index in [4.69, 9.17) is 4.42 Å². The van der Waals surface area contributed by atoms with Crippen LogP contribution in [0.4, 0.5) is 5.69 Å². The molecule has 0 radical (unpaired) electrons. The van der Waals surface area contributed by atoms with E-state index in [9.17, 15) is 15.0 Å². The van der Waals surface area contributed by atoms with Crippen LogP contribution in [0.1, 0.15) is 26.2 Å². The minimum atomic E-state index is -0.415. The van der Waals surface area contributed by atoms with Crippen molar-refractivity contribution in [2.45, 2.75) is 26.2 Å². The summed E-state index contributed by atoms with van der Waals surface area (Å²) >= 11 is 0. The van der Waals surface area contributed by atoms with E-state index < -0.39 is 5.75 Å². The maximum absolute atomic E-state index is 12.3.